The number of nitrogens with zero attached hydrogens (tertiary/aromatic N) is 2. The van der Waals surface area contributed by atoms with E-state index in [1.807, 2.05) is 25.1 Å². The third-order valence-electron chi connectivity index (χ3n) is 2.37. The second-order valence-corrected chi connectivity index (χ2v) is 5.32. The van der Waals surface area contributed by atoms with Crippen LogP contribution in [0, 0.1) is 6.92 Å². The van der Waals surface area contributed by atoms with Crippen LogP contribution in [-0.4, -0.2) is 20.6 Å². The van der Waals surface area contributed by atoms with Gasteiger partial charge in [-0.25, -0.2) is 4.98 Å². The Hall–Kier alpha value is -1.17. The molecule has 0 fully saturated rings. The fourth-order valence-corrected chi connectivity index (χ4v) is 2.24. The number of nitrogens with one attached hydrogen (secondary N) is 1. The maximum Gasteiger partial charge on any atom is 0.207 e. The molecule has 0 aliphatic heterocycles. The van der Waals surface area contributed by atoms with Gasteiger partial charge in [0.05, 0.1) is 6.10 Å². The standard InChI is InChI=1S/C12H14ClN3OS/c1-7-3-4-9(6-10(7)13)14-12-15-11(16-18-12)5-8(2)17/h3-4,6,8,17H,5H2,1-2H3,(H,14,15,16). The molecule has 1 unspecified atom stereocenters. The van der Waals surface area contributed by atoms with E-state index < -0.39 is 6.10 Å². The number of aromatic nitrogens is 2. The van der Waals surface area contributed by atoms with Crippen molar-refractivity contribution in [2.45, 2.75) is 26.4 Å². The number of rotatable bonds is 4. The van der Waals surface area contributed by atoms with Gasteiger partial charge in [0.2, 0.25) is 5.13 Å². The van der Waals surface area contributed by atoms with Gasteiger partial charge >= 0.3 is 0 Å². The first-order valence-corrected chi connectivity index (χ1v) is 6.73. The maximum absolute atomic E-state index is 9.26. The zero-order chi connectivity index (χ0) is 13.1. The fraction of sp³-hybridized carbons (Fsp3) is 0.333. The number of benzene rings is 1. The monoisotopic (exact) mass is 283 g/mol. The Bertz CT molecular complexity index is 542. The topological polar surface area (TPSA) is 58.0 Å². The van der Waals surface area contributed by atoms with Crippen LogP contribution in [0.5, 0.6) is 0 Å². The van der Waals surface area contributed by atoms with Gasteiger partial charge in [-0.1, -0.05) is 17.7 Å². The zero-order valence-corrected chi connectivity index (χ0v) is 11.7. The number of halogens is 1. The molecule has 1 aromatic heterocycles. The largest absolute Gasteiger partial charge is 0.393 e. The highest BCUT2D eigenvalue weighted by atomic mass is 35.5. The van der Waals surface area contributed by atoms with E-state index in [2.05, 4.69) is 14.7 Å². The fourth-order valence-electron chi connectivity index (χ4n) is 1.45. The third kappa shape index (κ3) is 3.41. The average molecular weight is 284 g/mol. The predicted molar refractivity (Wildman–Crippen MR) is 74.8 cm³/mol. The summed E-state index contributed by atoms with van der Waals surface area (Å²) in [6.07, 6.45) is 0.0357. The predicted octanol–water partition coefficient (Wildman–Crippen LogP) is 3.17. The summed E-state index contributed by atoms with van der Waals surface area (Å²) in [7, 11) is 0. The molecule has 2 rings (SSSR count). The van der Waals surface area contributed by atoms with Gasteiger partial charge in [-0.05, 0) is 31.5 Å². The van der Waals surface area contributed by atoms with Crippen LogP contribution in [0.1, 0.15) is 18.3 Å². The molecule has 0 amide bonds. The van der Waals surface area contributed by atoms with Crippen molar-refractivity contribution in [2.75, 3.05) is 5.32 Å². The highest BCUT2D eigenvalue weighted by Gasteiger charge is 2.07. The highest BCUT2D eigenvalue weighted by molar-refractivity contribution is 7.09. The van der Waals surface area contributed by atoms with Crippen LogP contribution in [0.4, 0.5) is 10.8 Å². The van der Waals surface area contributed by atoms with Gasteiger partial charge in [-0.3, -0.25) is 0 Å². The molecule has 2 N–H and O–H groups in total. The number of hydrogen-bond donors (Lipinski definition) is 2. The highest BCUT2D eigenvalue weighted by Crippen LogP contribution is 2.24. The van der Waals surface area contributed by atoms with Crippen molar-refractivity contribution in [3.63, 3.8) is 0 Å². The summed E-state index contributed by atoms with van der Waals surface area (Å²) in [6, 6.07) is 5.74. The minimum Gasteiger partial charge on any atom is -0.393 e. The number of hydrogen-bond acceptors (Lipinski definition) is 5. The molecule has 0 spiro atoms. The molecule has 1 heterocycles. The molecule has 0 bridgehead atoms. The van der Waals surface area contributed by atoms with Crippen molar-refractivity contribution < 1.29 is 5.11 Å². The van der Waals surface area contributed by atoms with Crippen molar-refractivity contribution in [3.8, 4) is 0 Å². The maximum atomic E-state index is 9.26. The normalized spacial score (nSPS) is 12.4. The first kappa shape index (κ1) is 13.3. The molecule has 0 saturated carbocycles. The van der Waals surface area contributed by atoms with E-state index in [9.17, 15) is 5.11 Å². The van der Waals surface area contributed by atoms with E-state index in [0.29, 0.717) is 22.4 Å². The lowest BCUT2D eigenvalue weighted by Gasteiger charge is -2.04. The molecular formula is C12H14ClN3OS. The Balaban J connectivity index is 2.08. The van der Waals surface area contributed by atoms with Crippen molar-refractivity contribution >= 4 is 34.0 Å². The molecule has 4 nitrogen and oxygen atoms in total. The van der Waals surface area contributed by atoms with Gasteiger partial charge < -0.3 is 10.4 Å². The summed E-state index contributed by atoms with van der Waals surface area (Å²) < 4.78 is 4.17. The zero-order valence-electron chi connectivity index (χ0n) is 10.1. The molecule has 0 aliphatic rings. The van der Waals surface area contributed by atoms with Crippen LogP contribution in [0.15, 0.2) is 18.2 Å². The van der Waals surface area contributed by atoms with Crippen LogP contribution in [-0.2, 0) is 6.42 Å². The van der Waals surface area contributed by atoms with E-state index >= 15 is 0 Å². The van der Waals surface area contributed by atoms with Crippen molar-refractivity contribution in [1.82, 2.24) is 9.36 Å². The smallest absolute Gasteiger partial charge is 0.207 e. The lowest BCUT2D eigenvalue weighted by atomic mass is 10.2. The van der Waals surface area contributed by atoms with Gasteiger partial charge in [0.15, 0.2) is 0 Å². The summed E-state index contributed by atoms with van der Waals surface area (Å²) in [5, 5.41) is 13.8. The molecule has 2 aromatic rings. The van der Waals surface area contributed by atoms with Crippen molar-refractivity contribution in [1.29, 1.82) is 0 Å². The number of aryl methyl sites for hydroxylation is 1. The van der Waals surface area contributed by atoms with Crippen LogP contribution in [0.2, 0.25) is 5.02 Å². The summed E-state index contributed by atoms with van der Waals surface area (Å²) >= 11 is 7.32. The second-order valence-electron chi connectivity index (χ2n) is 4.16. The Labute approximate surface area is 115 Å². The van der Waals surface area contributed by atoms with Gasteiger partial charge in [0.25, 0.3) is 0 Å². The van der Waals surface area contributed by atoms with Crippen LogP contribution in [0.25, 0.3) is 0 Å². The molecule has 0 saturated heterocycles. The Morgan fingerprint density at radius 2 is 2.28 bits per heavy atom. The van der Waals surface area contributed by atoms with E-state index in [4.69, 9.17) is 11.6 Å². The van der Waals surface area contributed by atoms with Gasteiger partial charge in [-0.2, -0.15) is 4.37 Å². The van der Waals surface area contributed by atoms with Crippen LogP contribution in [0.3, 0.4) is 0 Å². The van der Waals surface area contributed by atoms with Gasteiger partial charge in [-0.15, -0.1) is 0 Å². The first-order chi connectivity index (χ1) is 8.54. The minimum atomic E-state index is -0.429. The number of aliphatic hydroxyl groups is 1. The Morgan fingerprint density at radius 1 is 1.50 bits per heavy atom. The van der Waals surface area contributed by atoms with E-state index in [0.717, 1.165) is 11.3 Å². The van der Waals surface area contributed by atoms with Crippen molar-refractivity contribution in [3.05, 3.63) is 34.6 Å². The summed E-state index contributed by atoms with van der Waals surface area (Å²) in [5.74, 6) is 0.649. The third-order valence-corrected chi connectivity index (χ3v) is 3.44. The Kier molecular flexibility index (Phi) is 4.16. The average Bonchev–Trinajstić information content (AvgIpc) is 2.70. The molecule has 6 heteroatoms. The quantitative estimate of drug-likeness (QED) is 0.905. The SMILES string of the molecule is Cc1ccc(Nc2nc(CC(C)O)ns2)cc1Cl. The molecule has 96 valence electrons. The van der Waals surface area contributed by atoms with Gasteiger partial charge in [0, 0.05) is 28.7 Å². The van der Waals surface area contributed by atoms with Crippen molar-refractivity contribution in [2.24, 2.45) is 0 Å². The molecule has 18 heavy (non-hydrogen) atoms. The first-order valence-electron chi connectivity index (χ1n) is 5.58. The van der Waals surface area contributed by atoms with E-state index in [1.54, 1.807) is 6.92 Å². The number of aliphatic hydroxyl groups excluding tert-OH is 1. The summed E-state index contributed by atoms with van der Waals surface area (Å²) in [4.78, 5) is 4.29. The van der Waals surface area contributed by atoms with E-state index in [1.165, 1.54) is 11.5 Å². The van der Waals surface area contributed by atoms with Crippen LogP contribution >= 0.6 is 23.1 Å². The molecule has 0 aliphatic carbocycles. The minimum absolute atomic E-state index is 0.429. The summed E-state index contributed by atoms with van der Waals surface area (Å²) in [5.41, 5.74) is 1.92. The van der Waals surface area contributed by atoms with Crippen LogP contribution < -0.4 is 5.32 Å². The molecular weight excluding hydrogens is 270 g/mol. The lowest BCUT2D eigenvalue weighted by molar-refractivity contribution is 0.193. The number of anilines is 2. The summed E-state index contributed by atoms with van der Waals surface area (Å²) in [6.45, 7) is 3.67. The second kappa shape index (κ2) is 5.65. The lowest BCUT2D eigenvalue weighted by Crippen LogP contribution is -2.05. The molecule has 0 radical (unpaired) electrons. The van der Waals surface area contributed by atoms with E-state index in [-0.39, 0.29) is 0 Å². The Morgan fingerprint density at radius 3 is 2.94 bits per heavy atom. The molecule has 1 atom stereocenters. The molecule has 1 aromatic carbocycles. The van der Waals surface area contributed by atoms with Gasteiger partial charge in [0.1, 0.15) is 5.82 Å².